The number of aliphatic hydroxyl groups excluding tert-OH is 1. The Balaban J connectivity index is 5.42. The summed E-state index contributed by atoms with van der Waals surface area (Å²) in [7, 11) is -9.98. The molecule has 0 spiro atoms. The summed E-state index contributed by atoms with van der Waals surface area (Å²) in [4.78, 5) is 72.6. The number of esters is 4. The van der Waals surface area contributed by atoms with Gasteiger partial charge in [-0.15, -0.1) is 0 Å². The van der Waals surface area contributed by atoms with Gasteiger partial charge in [0.25, 0.3) is 0 Å². The number of carbonyl (C=O) groups is 4. The Hall–Kier alpha value is -4.54. The molecule has 0 aromatic rings. The van der Waals surface area contributed by atoms with Gasteiger partial charge in [-0.05, 0) is 116 Å². The maximum absolute atomic E-state index is 13.0. The number of hydrogen-bond donors (Lipinski definition) is 3. The van der Waals surface area contributed by atoms with Crippen LogP contribution in [-0.2, 0) is 65.4 Å². The largest absolute Gasteiger partial charge is 0.472 e. The SMILES string of the molecule is CC/C=C\C/C=C\C/C=C\C/C=C\C/C=C\CC(=O)OC(COC(=O)CCCCCC/C=C\C/C=C\C/C=C\C/C=C\CC)COP(=O)(O)OCC(O)COP(=O)(O)OCC(COC(=O)CCCCCCC/C=C\CCCCCC)OC(=O)CCCCCCCCCCCCC. The molecule has 0 aromatic heterocycles. The lowest BCUT2D eigenvalue weighted by atomic mass is 10.1. The minimum absolute atomic E-state index is 0.0917. The van der Waals surface area contributed by atoms with Crippen LogP contribution < -0.4 is 0 Å². The molecule has 550 valence electrons. The van der Waals surface area contributed by atoms with Gasteiger partial charge in [0.15, 0.2) is 12.2 Å². The van der Waals surface area contributed by atoms with Crippen molar-refractivity contribution in [1.82, 2.24) is 0 Å². The molecule has 5 atom stereocenters. The predicted molar refractivity (Wildman–Crippen MR) is 390 cm³/mol. The lowest BCUT2D eigenvalue weighted by molar-refractivity contribution is -0.161. The van der Waals surface area contributed by atoms with Crippen LogP contribution >= 0.6 is 15.6 Å². The fraction of sp³-hybridized carbons (Fsp3) is 0.688. The van der Waals surface area contributed by atoms with Crippen molar-refractivity contribution in [3.8, 4) is 0 Å². The second-order valence-corrected chi connectivity index (χ2v) is 27.0. The number of phosphoric ester groups is 2. The zero-order valence-electron chi connectivity index (χ0n) is 59.8. The van der Waals surface area contributed by atoms with E-state index in [4.69, 9.17) is 37.0 Å². The molecule has 0 aromatic carbocycles. The van der Waals surface area contributed by atoms with E-state index in [1.165, 1.54) is 64.2 Å². The van der Waals surface area contributed by atoms with Crippen molar-refractivity contribution in [3.63, 3.8) is 0 Å². The van der Waals surface area contributed by atoms with E-state index < -0.39 is 97.5 Å². The van der Waals surface area contributed by atoms with Gasteiger partial charge in [0.1, 0.15) is 19.3 Å². The number of ether oxygens (including phenoxy) is 4. The molecule has 0 radical (unpaired) electrons. The first-order valence-corrected chi connectivity index (χ1v) is 39.8. The Labute approximate surface area is 581 Å². The Kier molecular flexibility index (Phi) is 65.7. The van der Waals surface area contributed by atoms with E-state index in [0.717, 1.165) is 141 Å². The second kappa shape index (κ2) is 69.0. The van der Waals surface area contributed by atoms with Crippen molar-refractivity contribution >= 4 is 39.5 Å². The fourth-order valence-electron chi connectivity index (χ4n) is 9.40. The smallest absolute Gasteiger partial charge is 0.462 e. The molecule has 5 unspecified atom stereocenters. The van der Waals surface area contributed by atoms with E-state index in [1.807, 2.05) is 12.2 Å². The topological polar surface area (TPSA) is 237 Å². The molecular weight excluding hydrogens is 1260 g/mol. The van der Waals surface area contributed by atoms with Gasteiger partial charge in [-0.25, -0.2) is 9.13 Å². The lowest BCUT2D eigenvalue weighted by Crippen LogP contribution is -2.30. The summed E-state index contributed by atoms with van der Waals surface area (Å²) in [5, 5.41) is 10.6. The van der Waals surface area contributed by atoms with E-state index in [9.17, 15) is 43.2 Å². The van der Waals surface area contributed by atoms with Crippen molar-refractivity contribution < 1.29 is 80.2 Å². The summed E-state index contributed by atoms with van der Waals surface area (Å²) in [5.74, 6) is -2.36. The van der Waals surface area contributed by atoms with Gasteiger partial charge >= 0.3 is 39.5 Å². The predicted octanol–water partition coefficient (Wildman–Crippen LogP) is 20.8. The van der Waals surface area contributed by atoms with Crippen molar-refractivity contribution in [3.05, 3.63) is 122 Å². The Morgan fingerprint density at radius 1 is 0.312 bits per heavy atom. The number of allylic oxidation sites excluding steroid dienone is 19. The van der Waals surface area contributed by atoms with Gasteiger partial charge in [-0.3, -0.25) is 37.3 Å². The summed E-state index contributed by atoms with van der Waals surface area (Å²) in [6.45, 7) is 4.46. The first kappa shape index (κ1) is 91.5. The normalized spacial score (nSPS) is 14.7. The average molecular weight is 1390 g/mol. The van der Waals surface area contributed by atoms with Crippen LogP contribution in [0.5, 0.6) is 0 Å². The summed E-state index contributed by atoms with van der Waals surface area (Å²) in [6, 6.07) is 0. The molecule has 3 N–H and O–H groups in total. The van der Waals surface area contributed by atoms with Gasteiger partial charge in [0.05, 0.1) is 32.8 Å². The highest BCUT2D eigenvalue weighted by molar-refractivity contribution is 7.47. The van der Waals surface area contributed by atoms with E-state index in [1.54, 1.807) is 12.2 Å². The molecule has 19 heteroatoms. The van der Waals surface area contributed by atoms with E-state index in [2.05, 4.69) is 125 Å². The van der Waals surface area contributed by atoms with Crippen molar-refractivity contribution in [1.29, 1.82) is 0 Å². The minimum atomic E-state index is -5.00. The molecule has 0 aliphatic rings. The van der Waals surface area contributed by atoms with Crippen LogP contribution in [0.2, 0.25) is 0 Å². The monoisotopic (exact) mass is 1390 g/mol. The molecule has 0 rings (SSSR count). The molecule has 0 aliphatic carbocycles. The molecule has 0 bridgehead atoms. The van der Waals surface area contributed by atoms with E-state index in [-0.39, 0.29) is 25.7 Å². The maximum atomic E-state index is 13.0. The van der Waals surface area contributed by atoms with Crippen LogP contribution in [0.1, 0.15) is 285 Å². The third-order valence-electron chi connectivity index (χ3n) is 15.0. The van der Waals surface area contributed by atoms with E-state index >= 15 is 0 Å². The van der Waals surface area contributed by atoms with Crippen LogP contribution in [0.4, 0.5) is 0 Å². The number of unbranched alkanes of at least 4 members (excludes halogenated alkanes) is 23. The van der Waals surface area contributed by atoms with Gasteiger partial charge in [-0.1, -0.05) is 265 Å². The molecule has 0 fully saturated rings. The molecule has 96 heavy (non-hydrogen) atoms. The van der Waals surface area contributed by atoms with Crippen molar-refractivity contribution in [2.24, 2.45) is 0 Å². The zero-order chi connectivity index (χ0) is 70.4. The molecule has 0 saturated carbocycles. The Morgan fingerprint density at radius 3 is 0.948 bits per heavy atom. The summed E-state index contributed by atoms with van der Waals surface area (Å²) < 4.78 is 68.2. The van der Waals surface area contributed by atoms with Gasteiger partial charge in [-0.2, -0.15) is 0 Å². The molecule has 0 heterocycles. The quantitative estimate of drug-likeness (QED) is 0.0169. The average Bonchev–Trinajstić information content (AvgIpc) is 2.14. The highest BCUT2D eigenvalue weighted by Crippen LogP contribution is 2.45. The number of rotatable bonds is 68. The van der Waals surface area contributed by atoms with E-state index in [0.29, 0.717) is 25.7 Å². The second-order valence-electron chi connectivity index (χ2n) is 24.1. The zero-order valence-corrected chi connectivity index (χ0v) is 61.5. The van der Waals surface area contributed by atoms with Gasteiger partial charge < -0.3 is 33.8 Å². The maximum Gasteiger partial charge on any atom is 0.472 e. The van der Waals surface area contributed by atoms with Crippen LogP contribution in [0, 0.1) is 0 Å². The van der Waals surface area contributed by atoms with Gasteiger partial charge in [0, 0.05) is 19.3 Å². The Bertz CT molecular complexity index is 2300. The molecule has 0 aliphatic heterocycles. The van der Waals surface area contributed by atoms with Gasteiger partial charge in [0.2, 0.25) is 0 Å². The number of hydrogen-bond acceptors (Lipinski definition) is 15. The molecular formula is C77H130O17P2. The molecule has 0 saturated heterocycles. The Morgan fingerprint density at radius 2 is 0.583 bits per heavy atom. The highest BCUT2D eigenvalue weighted by atomic mass is 31.2. The van der Waals surface area contributed by atoms with Crippen LogP contribution in [-0.4, -0.2) is 96.7 Å². The van der Waals surface area contributed by atoms with Crippen LogP contribution in [0.15, 0.2) is 122 Å². The standard InChI is InChI=1S/C77H130O17P2/c1-5-9-13-17-21-25-29-32-34-35-37-39-43-46-50-54-58-62-75(80)88-68-73(94-77(82)64-60-56-52-48-44-40-36-33-30-26-22-18-14-10-6-2)70-92-96(85,86)90-66-71(78)65-89-95(83,84)91-69-72(93-76(81)63-59-55-51-47-41-28-24-20-16-12-8-4)67-87-74(79)61-57-53-49-45-42-38-31-27-23-19-15-11-7-3/h9-10,13-14,21-22,25-27,31-34,36-37,39,44,48,56,60,71-73,78H,5-8,11-12,15-20,23-24,28-30,35,38,40-43,45-47,49-55,57-59,61-70H2,1-4H3,(H,83,84)(H,85,86)/b13-9-,14-10-,25-21-,26-22-,31-27-,34-32-,36-33-,39-37-,48-44-,60-56-. The van der Waals surface area contributed by atoms with Crippen LogP contribution in [0.25, 0.3) is 0 Å². The number of carbonyl (C=O) groups excluding carboxylic acids is 4. The molecule has 0 amide bonds. The fourth-order valence-corrected chi connectivity index (χ4v) is 11.0. The first-order chi connectivity index (χ1) is 46.7. The third kappa shape index (κ3) is 68.0. The van der Waals surface area contributed by atoms with Crippen LogP contribution in [0.3, 0.4) is 0 Å². The van der Waals surface area contributed by atoms with Crippen molar-refractivity contribution in [2.45, 2.75) is 303 Å². The first-order valence-electron chi connectivity index (χ1n) is 36.8. The third-order valence-corrected chi connectivity index (χ3v) is 16.9. The summed E-state index contributed by atoms with van der Waals surface area (Å²) in [6.07, 6.45) is 73.8. The lowest BCUT2D eigenvalue weighted by Gasteiger charge is -2.21. The summed E-state index contributed by atoms with van der Waals surface area (Å²) in [5.41, 5.74) is 0. The molecule has 17 nitrogen and oxygen atoms in total. The number of phosphoric acid groups is 2. The minimum Gasteiger partial charge on any atom is -0.462 e. The van der Waals surface area contributed by atoms with Crippen molar-refractivity contribution in [2.75, 3.05) is 39.6 Å². The summed E-state index contributed by atoms with van der Waals surface area (Å²) >= 11 is 0. The number of aliphatic hydroxyl groups is 1. The highest BCUT2D eigenvalue weighted by Gasteiger charge is 2.30.